The lowest BCUT2D eigenvalue weighted by molar-refractivity contribution is -0.120. The van der Waals surface area contributed by atoms with Crippen molar-refractivity contribution in [2.75, 3.05) is 32.6 Å². The molecule has 1 saturated carbocycles. The van der Waals surface area contributed by atoms with E-state index in [9.17, 15) is 13.2 Å². The molecule has 0 bridgehead atoms. The second-order valence-electron chi connectivity index (χ2n) is 6.40. The number of sulfonamides is 1. The van der Waals surface area contributed by atoms with Crippen LogP contribution in [0.4, 0.5) is 5.69 Å². The van der Waals surface area contributed by atoms with Crippen molar-refractivity contribution in [1.82, 2.24) is 4.31 Å². The Morgan fingerprint density at radius 2 is 2.08 bits per heavy atom. The summed E-state index contributed by atoms with van der Waals surface area (Å²) in [7, 11) is -0.662. The number of amides is 1. The number of hydrogen-bond acceptors (Lipinski definition) is 5. The second kappa shape index (κ2) is 8.16. The summed E-state index contributed by atoms with van der Waals surface area (Å²) >= 11 is 0. The summed E-state index contributed by atoms with van der Waals surface area (Å²) in [6.07, 6.45) is 2.72. The van der Waals surface area contributed by atoms with Gasteiger partial charge in [0.1, 0.15) is 5.75 Å². The molecule has 140 valence electrons. The molecule has 1 aromatic carbocycles. The average Bonchev–Trinajstić information content (AvgIpc) is 3.05. The maximum Gasteiger partial charge on any atom is 0.242 e. The van der Waals surface area contributed by atoms with E-state index in [1.165, 1.54) is 26.2 Å². The molecular weight excluding hydrogens is 342 g/mol. The van der Waals surface area contributed by atoms with E-state index in [4.69, 9.17) is 10.5 Å². The zero-order chi connectivity index (χ0) is 18.6. The Hall–Kier alpha value is -1.64. The molecule has 0 heterocycles. The molecule has 1 amide bonds. The summed E-state index contributed by atoms with van der Waals surface area (Å²) in [5.41, 5.74) is 6.13. The molecule has 25 heavy (non-hydrogen) atoms. The highest BCUT2D eigenvalue weighted by Gasteiger charge is 2.32. The maximum atomic E-state index is 12.7. The molecular formula is C17H27N3O4S. The summed E-state index contributed by atoms with van der Waals surface area (Å²) in [6.45, 7) is 2.72. The Labute approximate surface area is 149 Å². The predicted octanol–water partition coefficient (Wildman–Crippen LogP) is 1.65. The van der Waals surface area contributed by atoms with Crippen LogP contribution in [0.25, 0.3) is 0 Å². The average molecular weight is 369 g/mol. The summed E-state index contributed by atoms with van der Waals surface area (Å²) < 4.78 is 31.4. The van der Waals surface area contributed by atoms with Crippen molar-refractivity contribution in [3.63, 3.8) is 0 Å². The fraction of sp³-hybridized carbons (Fsp3) is 0.588. The lowest BCUT2D eigenvalue weighted by Crippen LogP contribution is -2.30. The Balaban J connectivity index is 2.32. The van der Waals surface area contributed by atoms with Gasteiger partial charge >= 0.3 is 0 Å². The third kappa shape index (κ3) is 4.31. The molecule has 1 fully saturated rings. The standard InChI is InChI=1S/C17H27N3O4S/c1-4-24-16-9-8-13(25(22,23)20(2)3)10-15(16)19-17(21)14-7-5-6-12(14)11-18/h8-10,12,14H,4-7,11,18H2,1-3H3,(H,19,21)/t12-,14-/m1/s1. The molecule has 0 radical (unpaired) electrons. The minimum absolute atomic E-state index is 0.109. The van der Waals surface area contributed by atoms with Crippen molar-refractivity contribution in [3.05, 3.63) is 18.2 Å². The molecule has 8 heteroatoms. The third-order valence-corrected chi connectivity index (χ3v) is 6.40. The number of nitrogens with zero attached hydrogens (tertiary/aromatic N) is 1. The smallest absolute Gasteiger partial charge is 0.242 e. The van der Waals surface area contributed by atoms with Gasteiger partial charge in [-0.25, -0.2) is 12.7 Å². The van der Waals surface area contributed by atoms with E-state index < -0.39 is 10.0 Å². The number of anilines is 1. The Kier molecular flexibility index (Phi) is 6.42. The molecule has 1 aromatic rings. The van der Waals surface area contributed by atoms with Crippen molar-refractivity contribution in [2.45, 2.75) is 31.1 Å². The van der Waals surface area contributed by atoms with E-state index in [2.05, 4.69) is 5.32 Å². The number of carbonyl (C=O) groups excluding carboxylic acids is 1. The number of nitrogens with two attached hydrogens (primary N) is 1. The number of nitrogens with one attached hydrogen (secondary N) is 1. The minimum atomic E-state index is -3.59. The van der Waals surface area contributed by atoms with E-state index in [1.807, 2.05) is 6.92 Å². The van der Waals surface area contributed by atoms with Crippen molar-refractivity contribution < 1.29 is 17.9 Å². The summed E-state index contributed by atoms with van der Waals surface area (Å²) in [4.78, 5) is 12.8. The van der Waals surface area contributed by atoms with E-state index in [0.29, 0.717) is 24.6 Å². The first-order valence-electron chi connectivity index (χ1n) is 8.51. The zero-order valence-corrected chi connectivity index (χ0v) is 15.8. The van der Waals surface area contributed by atoms with E-state index in [-0.39, 0.29) is 22.6 Å². The summed E-state index contributed by atoms with van der Waals surface area (Å²) in [5, 5.41) is 2.85. The van der Waals surface area contributed by atoms with Gasteiger partial charge in [0, 0.05) is 20.0 Å². The van der Waals surface area contributed by atoms with Crippen molar-refractivity contribution in [1.29, 1.82) is 0 Å². The predicted molar refractivity (Wildman–Crippen MR) is 97.0 cm³/mol. The van der Waals surface area contributed by atoms with Crippen LogP contribution in [-0.2, 0) is 14.8 Å². The fourth-order valence-corrected chi connectivity index (χ4v) is 4.08. The summed E-state index contributed by atoms with van der Waals surface area (Å²) in [5.74, 6) is 0.349. The van der Waals surface area contributed by atoms with Gasteiger partial charge in [-0.05, 0) is 50.4 Å². The van der Waals surface area contributed by atoms with Gasteiger partial charge in [0.05, 0.1) is 17.2 Å². The highest BCUT2D eigenvalue weighted by Crippen LogP contribution is 2.34. The van der Waals surface area contributed by atoms with Crippen LogP contribution in [0.5, 0.6) is 5.75 Å². The lowest BCUT2D eigenvalue weighted by atomic mass is 9.95. The number of carbonyl (C=O) groups is 1. The van der Waals surface area contributed by atoms with Crippen LogP contribution in [-0.4, -0.2) is 45.9 Å². The van der Waals surface area contributed by atoms with Gasteiger partial charge in [-0.3, -0.25) is 4.79 Å². The molecule has 1 aliphatic rings. The molecule has 0 spiro atoms. The Morgan fingerprint density at radius 1 is 1.36 bits per heavy atom. The molecule has 7 nitrogen and oxygen atoms in total. The van der Waals surface area contributed by atoms with Crippen LogP contribution in [0, 0.1) is 11.8 Å². The third-order valence-electron chi connectivity index (χ3n) is 4.59. The molecule has 0 aromatic heterocycles. The van der Waals surface area contributed by atoms with Crippen LogP contribution >= 0.6 is 0 Å². The van der Waals surface area contributed by atoms with Gasteiger partial charge in [-0.1, -0.05) is 6.42 Å². The first kappa shape index (κ1) is 19.7. The highest BCUT2D eigenvalue weighted by atomic mass is 32.2. The van der Waals surface area contributed by atoms with Gasteiger partial charge in [0.25, 0.3) is 0 Å². The van der Waals surface area contributed by atoms with E-state index >= 15 is 0 Å². The molecule has 0 unspecified atom stereocenters. The maximum absolute atomic E-state index is 12.7. The largest absolute Gasteiger partial charge is 0.492 e. The minimum Gasteiger partial charge on any atom is -0.492 e. The molecule has 2 rings (SSSR count). The Morgan fingerprint density at radius 3 is 2.68 bits per heavy atom. The SMILES string of the molecule is CCOc1ccc(S(=O)(=O)N(C)C)cc1NC(=O)[C@@H]1CCC[C@@H]1CN. The Bertz CT molecular complexity index is 719. The number of benzene rings is 1. The fourth-order valence-electron chi connectivity index (χ4n) is 3.15. The lowest BCUT2D eigenvalue weighted by Gasteiger charge is -2.20. The van der Waals surface area contributed by atoms with Crippen LogP contribution in [0.3, 0.4) is 0 Å². The second-order valence-corrected chi connectivity index (χ2v) is 8.55. The highest BCUT2D eigenvalue weighted by molar-refractivity contribution is 7.89. The number of ether oxygens (including phenoxy) is 1. The molecule has 0 aliphatic heterocycles. The monoisotopic (exact) mass is 369 g/mol. The van der Waals surface area contributed by atoms with Crippen molar-refractivity contribution in [2.24, 2.45) is 17.6 Å². The topological polar surface area (TPSA) is 102 Å². The quantitative estimate of drug-likeness (QED) is 0.761. The van der Waals surface area contributed by atoms with Crippen LogP contribution in [0.15, 0.2) is 23.1 Å². The first-order chi connectivity index (χ1) is 11.8. The molecule has 1 aliphatic carbocycles. The van der Waals surface area contributed by atoms with Crippen molar-refractivity contribution in [3.8, 4) is 5.75 Å². The van der Waals surface area contributed by atoms with Gasteiger partial charge in [-0.15, -0.1) is 0 Å². The molecule has 0 saturated heterocycles. The summed E-state index contributed by atoms with van der Waals surface area (Å²) in [6, 6.07) is 4.50. The van der Waals surface area contributed by atoms with Crippen LogP contribution in [0.1, 0.15) is 26.2 Å². The molecule has 2 atom stereocenters. The van der Waals surface area contributed by atoms with Gasteiger partial charge in [0.2, 0.25) is 15.9 Å². The zero-order valence-electron chi connectivity index (χ0n) is 15.0. The van der Waals surface area contributed by atoms with Crippen LogP contribution < -0.4 is 15.8 Å². The number of hydrogen-bond donors (Lipinski definition) is 2. The van der Waals surface area contributed by atoms with E-state index in [0.717, 1.165) is 23.6 Å². The van der Waals surface area contributed by atoms with Crippen LogP contribution in [0.2, 0.25) is 0 Å². The first-order valence-corrected chi connectivity index (χ1v) is 9.95. The number of rotatable bonds is 7. The van der Waals surface area contributed by atoms with Gasteiger partial charge < -0.3 is 15.8 Å². The van der Waals surface area contributed by atoms with E-state index in [1.54, 1.807) is 6.07 Å². The van der Waals surface area contributed by atoms with Gasteiger partial charge in [0.15, 0.2) is 0 Å². The molecule has 3 N–H and O–H groups in total. The van der Waals surface area contributed by atoms with Gasteiger partial charge in [-0.2, -0.15) is 0 Å². The van der Waals surface area contributed by atoms with Crippen molar-refractivity contribution >= 4 is 21.6 Å². The normalized spacial score (nSPS) is 20.7.